The van der Waals surface area contributed by atoms with Gasteiger partial charge in [0.1, 0.15) is 11.6 Å². The molecule has 1 saturated heterocycles. The Labute approximate surface area is 141 Å². The lowest BCUT2D eigenvalue weighted by Crippen LogP contribution is -2.34. The molecular formula is C19H22FN3O. The standard InChI is InChI=1S/C19H22FN3O/c20-17-6-4-15(5-7-17)18(24)3-1-12-23-13-8-16(9-14-23)19-21-10-2-11-22-19/h2,4-7,10-11,16H,1,3,8-9,12-14H2. The molecule has 1 fully saturated rings. The molecule has 24 heavy (non-hydrogen) atoms. The fraction of sp³-hybridized carbons (Fsp3) is 0.421. The first kappa shape index (κ1) is 16.7. The Kier molecular flexibility index (Phi) is 5.64. The molecule has 0 N–H and O–H groups in total. The maximum absolute atomic E-state index is 12.9. The summed E-state index contributed by atoms with van der Waals surface area (Å²) in [5.41, 5.74) is 0.594. The summed E-state index contributed by atoms with van der Waals surface area (Å²) in [7, 11) is 0. The van der Waals surface area contributed by atoms with Gasteiger partial charge in [0.2, 0.25) is 0 Å². The Morgan fingerprint density at radius 3 is 2.46 bits per heavy atom. The summed E-state index contributed by atoms with van der Waals surface area (Å²) in [6.07, 6.45) is 7.08. The largest absolute Gasteiger partial charge is 0.303 e. The Morgan fingerprint density at radius 2 is 1.79 bits per heavy atom. The summed E-state index contributed by atoms with van der Waals surface area (Å²) >= 11 is 0. The molecule has 0 bridgehead atoms. The van der Waals surface area contributed by atoms with Gasteiger partial charge in [-0.15, -0.1) is 0 Å². The van der Waals surface area contributed by atoms with E-state index in [0.29, 0.717) is 17.9 Å². The van der Waals surface area contributed by atoms with E-state index in [2.05, 4.69) is 14.9 Å². The van der Waals surface area contributed by atoms with Crippen LogP contribution in [0.25, 0.3) is 0 Å². The van der Waals surface area contributed by atoms with Gasteiger partial charge < -0.3 is 4.90 Å². The van der Waals surface area contributed by atoms with Gasteiger partial charge in [0.05, 0.1) is 0 Å². The highest BCUT2D eigenvalue weighted by Crippen LogP contribution is 2.25. The normalized spacial score (nSPS) is 16.2. The van der Waals surface area contributed by atoms with Gasteiger partial charge in [-0.05, 0) is 69.2 Å². The Bertz CT molecular complexity index is 652. The summed E-state index contributed by atoms with van der Waals surface area (Å²) in [5.74, 6) is 1.17. The van der Waals surface area contributed by atoms with Crippen LogP contribution in [0.5, 0.6) is 0 Å². The zero-order valence-electron chi connectivity index (χ0n) is 13.7. The smallest absolute Gasteiger partial charge is 0.162 e. The zero-order chi connectivity index (χ0) is 16.8. The first-order chi connectivity index (χ1) is 11.7. The highest BCUT2D eigenvalue weighted by molar-refractivity contribution is 5.95. The fourth-order valence-electron chi connectivity index (χ4n) is 3.18. The van der Waals surface area contributed by atoms with Crippen molar-refractivity contribution in [3.8, 4) is 0 Å². The molecule has 1 aliphatic heterocycles. The molecule has 0 radical (unpaired) electrons. The Morgan fingerprint density at radius 1 is 1.12 bits per heavy atom. The van der Waals surface area contributed by atoms with E-state index in [-0.39, 0.29) is 11.6 Å². The first-order valence-electron chi connectivity index (χ1n) is 8.50. The number of carbonyl (C=O) groups is 1. The predicted octanol–water partition coefficient (Wildman–Crippen LogP) is 3.46. The summed E-state index contributed by atoms with van der Waals surface area (Å²) in [4.78, 5) is 23.2. The number of piperidine rings is 1. The maximum Gasteiger partial charge on any atom is 0.162 e. The van der Waals surface area contributed by atoms with Crippen LogP contribution in [0.2, 0.25) is 0 Å². The minimum Gasteiger partial charge on any atom is -0.303 e. The number of Topliss-reactive ketones (excluding diaryl/α,β-unsaturated/α-hetero) is 1. The van der Waals surface area contributed by atoms with Crippen molar-refractivity contribution in [3.63, 3.8) is 0 Å². The van der Waals surface area contributed by atoms with Gasteiger partial charge in [0.15, 0.2) is 5.78 Å². The SMILES string of the molecule is O=C(CCCN1CCC(c2ncccn2)CC1)c1ccc(F)cc1. The lowest BCUT2D eigenvalue weighted by atomic mass is 9.95. The number of hydrogen-bond donors (Lipinski definition) is 0. The van der Waals surface area contributed by atoms with E-state index >= 15 is 0 Å². The number of carbonyl (C=O) groups excluding carboxylic acids is 1. The lowest BCUT2D eigenvalue weighted by Gasteiger charge is -2.31. The number of nitrogens with zero attached hydrogens (tertiary/aromatic N) is 3. The van der Waals surface area contributed by atoms with Crippen molar-refractivity contribution in [2.75, 3.05) is 19.6 Å². The summed E-state index contributed by atoms with van der Waals surface area (Å²) in [5, 5.41) is 0. The third kappa shape index (κ3) is 4.45. The van der Waals surface area contributed by atoms with E-state index in [1.165, 1.54) is 12.1 Å². The van der Waals surface area contributed by atoms with Crippen molar-refractivity contribution in [1.82, 2.24) is 14.9 Å². The van der Waals surface area contributed by atoms with E-state index in [1.54, 1.807) is 24.5 Å². The van der Waals surface area contributed by atoms with Crippen LogP contribution in [-0.2, 0) is 0 Å². The quantitative estimate of drug-likeness (QED) is 0.762. The number of halogens is 1. The van der Waals surface area contributed by atoms with Crippen LogP contribution in [0.15, 0.2) is 42.7 Å². The molecule has 0 unspecified atom stereocenters. The minimum absolute atomic E-state index is 0.0857. The second-order valence-corrected chi connectivity index (χ2v) is 6.26. The molecule has 0 aliphatic carbocycles. The van der Waals surface area contributed by atoms with Crippen molar-refractivity contribution < 1.29 is 9.18 Å². The Balaban J connectivity index is 1.39. The van der Waals surface area contributed by atoms with Gasteiger partial charge in [0, 0.05) is 30.3 Å². The van der Waals surface area contributed by atoms with E-state index < -0.39 is 0 Å². The topological polar surface area (TPSA) is 46.1 Å². The molecule has 2 heterocycles. The second-order valence-electron chi connectivity index (χ2n) is 6.26. The maximum atomic E-state index is 12.9. The summed E-state index contributed by atoms with van der Waals surface area (Å²) < 4.78 is 12.9. The molecule has 3 rings (SSSR count). The summed E-state index contributed by atoms with van der Waals surface area (Å²) in [6.45, 7) is 2.97. The van der Waals surface area contributed by atoms with Crippen LogP contribution in [0, 0.1) is 5.82 Å². The number of hydrogen-bond acceptors (Lipinski definition) is 4. The highest BCUT2D eigenvalue weighted by Gasteiger charge is 2.22. The van der Waals surface area contributed by atoms with Crippen molar-refractivity contribution in [2.24, 2.45) is 0 Å². The number of ketones is 1. The molecular weight excluding hydrogens is 305 g/mol. The van der Waals surface area contributed by atoms with Crippen LogP contribution in [-0.4, -0.2) is 40.3 Å². The number of rotatable bonds is 6. The van der Waals surface area contributed by atoms with Crippen molar-refractivity contribution in [2.45, 2.75) is 31.6 Å². The molecule has 126 valence electrons. The molecule has 5 heteroatoms. The number of aromatic nitrogens is 2. The van der Waals surface area contributed by atoms with E-state index in [9.17, 15) is 9.18 Å². The number of likely N-dealkylation sites (tertiary alicyclic amines) is 1. The zero-order valence-corrected chi connectivity index (χ0v) is 13.7. The van der Waals surface area contributed by atoms with Crippen molar-refractivity contribution in [3.05, 3.63) is 59.9 Å². The molecule has 1 aromatic carbocycles. The van der Waals surface area contributed by atoms with Crippen molar-refractivity contribution in [1.29, 1.82) is 0 Å². The average molecular weight is 327 g/mol. The highest BCUT2D eigenvalue weighted by atomic mass is 19.1. The molecule has 0 saturated carbocycles. The molecule has 0 spiro atoms. The average Bonchev–Trinajstić information content (AvgIpc) is 2.63. The van der Waals surface area contributed by atoms with Gasteiger partial charge >= 0.3 is 0 Å². The molecule has 0 atom stereocenters. The van der Waals surface area contributed by atoms with E-state index in [0.717, 1.165) is 44.7 Å². The first-order valence-corrected chi connectivity index (χ1v) is 8.50. The molecule has 4 nitrogen and oxygen atoms in total. The molecule has 1 aromatic heterocycles. The third-order valence-electron chi connectivity index (χ3n) is 4.58. The van der Waals surface area contributed by atoms with Crippen LogP contribution in [0.4, 0.5) is 4.39 Å². The molecule has 0 amide bonds. The Hall–Kier alpha value is -2.14. The van der Waals surface area contributed by atoms with Crippen LogP contribution < -0.4 is 0 Å². The van der Waals surface area contributed by atoms with Gasteiger partial charge in [-0.3, -0.25) is 4.79 Å². The van der Waals surface area contributed by atoms with Gasteiger partial charge in [-0.1, -0.05) is 0 Å². The van der Waals surface area contributed by atoms with Crippen molar-refractivity contribution >= 4 is 5.78 Å². The molecule has 1 aliphatic rings. The van der Waals surface area contributed by atoms with Crippen LogP contribution >= 0.6 is 0 Å². The van der Waals surface area contributed by atoms with E-state index in [1.807, 2.05) is 6.07 Å². The van der Waals surface area contributed by atoms with Gasteiger partial charge in [0.25, 0.3) is 0 Å². The minimum atomic E-state index is -0.309. The number of benzene rings is 1. The van der Waals surface area contributed by atoms with Gasteiger partial charge in [-0.25, -0.2) is 14.4 Å². The summed E-state index contributed by atoms with van der Waals surface area (Å²) in [6, 6.07) is 7.64. The third-order valence-corrected chi connectivity index (χ3v) is 4.58. The fourth-order valence-corrected chi connectivity index (χ4v) is 3.18. The predicted molar refractivity (Wildman–Crippen MR) is 90.4 cm³/mol. The molecule has 2 aromatic rings. The second kappa shape index (κ2) is 8.11. The lowest BCUT2D eigenvalue weighted by molar-refractivity contribution is 0.0972. The van der Waals surface area contributed by atoms with E-state index in [4.69, 9.17) is 0 Å². The van der Waals surface area contributed by atoms with Crippen LogP contribution in [0.1, 0.15) is 47.8 Å². The van der Waals surface area contributed by atoms with Crippen LogP contribution in [0.3, 0.4) is 0 Å². The monoisotopic (exact) mass is 327 g/mol. The van der Waals surface area contributed by atoms with Gasteiger partial charge in [-0.2, -0.15) is 0 Å².